The molecule has 2 N–H and O–H groups in total. The van der Waals surface area contributed by atoms with Crippen molar-refractivity contribution in [1.29, 1.82) is 0 Å². The fourth-order valence-corrected chi connectivity index (χ4v) is 2.95. The molecule has 6 heteroatoms. The normalized spacial score (nSPS) is 10.3. The average molecular weight is 389 g/mol. The lowest BCUT2D eigenvalue weighted by atomic mass is 10.1. The van der Waals surface area contributed by atoms with E-state index in [1.54, 1.807) is 12.1 Å². The van der Waals surface area contributed by atoms with Crippen molar-refractivity contribution < 1.29 is 14.3 Å². The van der Waals surface area contributed by atoms with Crippen LogP contribution in [0.3, 0.4) is 0 Å². The van der Waals surface area contributed by atoms with Crippen LogP contribution in [-0.2, 0) is 0 Å². The molecule has 148 valence electrons. The van der Waals surface area contributed by atoms with Crippen molar-refractivity contribution in [3.63, 3.8) is 0 Å². The van der Waals surface area contributed by atoms with Crippen LogP contribution in [0.5, 0.6) is 5.75 Å². The predicted octanol–water partition coefficient (Wildman–Crippen LogP) is 4.52. The van der Waals surface area contributed by atoms with Crippen LogP contribution in [0.1, 0.15) is 37.5 Å². The molecule has 2 amide bonds. The van der Waals surface area contributed by atoms with E-state index in [4.69, 9.17) is 4.74 Å². The Bertz CT molecular complexity index is 1080. The largest absolute Gasteiger partial charge is 0.495 e. The van der Waals surface area contributed by atoms with Crippen molar-refractivity contribution in [3.8, 4) is 5.75 Å². The second kappa shape index (κ2) is 8.56. The number of methoxy groups -OCH3 is 1. The van der Waals surface area contributed by atoms with Crippen LogP contribution >= 0.6 is 0 Å². The summed E-state index contributed by atoms with van der Waals surface area (Å²) in [7, 11) is 1.54. The fourth-order valence-electron chi connectivity index (χ4n) is 2.95. The number of nitrogens with zero attached hydrogens (tertiary/aromatic N) is 1. The molecule has 0 aliphatic rings. The third kappa shape index (κ3) is 4.79. The van der Waals surface area contributed by atoms with Crippen molar-refractivity contribution in [2.24, 2.45) is 0 Å². The van der Waals surface area contributed by atoms with Crippen LogP contribution in [0.2, 0.25) is 0 Å². The topological polar surface area (TPSA) is 80.3 Å². The Morgan fingerprint density at radius 2 is 1.52 bits per heavy atom. The first kappa shape index (κ1) is 20.1. The number of pyridine rings is 1. The van der Waals surface area contributed by atoms with Gasteiger partial charge in [0.15, 0.2) is 0 Å². The summed E-state index contributed by atoms with van der Waals surface area (Å²) in [4.78, 5) is 29.4. The molecule has 0 fully saturated rings. The number of benzene rings is 2. The number of ether oxygens (including phenoxy) is 1. The van der Waals surface area contributed by atoms with E-state index in [0.29, 0.717) is 17.0 Å². The lowest BCUT2D eigenvalue weighted by Crippen LogP contribution is -2.17. The first-order valence-electron chi connectivity index (χ1n) is 9.18. The molecule has 0 aliphatic carbocycles. The Labute approximate surface area is 169 Å². The summed E-state index contributed by atoms with van der Waals surface area (Å²) in [5.74, 6) is -0.177. The number of carbonyl (C=O) groups is 2. The molecule has 1 heterocycles. The molecule has 0 aliphatic heterocycles. The average Bonchev–Trinajstić information content (AvgIpc) is 2.70. The fraction of sp³-hybridized carbons (Fsp3) is 0.174. The maximum Gasteiger partial charge on any atom is 0.274 e. The molecular weight excluding hydrogens is 366 g/mol. The number of anilines is 2. The zero-order valence-corrected chi connectivity index (χ0v) is 16.9. The van der Waals surface area contributed by atoms with Crippen LogP contribution in [0.15, 0.2) is 54.7 Å². The van der Waals surface area contributed by atoms with Gasteiger partial charge in [-0.1, -0.05) is 23.8 Å². The minimum absolute atomic E-state index is 0.141. The molecule has 3 rings (SSSR count). The van der Waals surface area contributed by atoms with E-state index in [9.17, 15) is 9.59 Å². The minimum atomic E-state index is -0.421. The molecule has 0 atom stereocenters. The van der Waals surface area contributed by atoms with Gasteiger partial charge in [-0.2, -0.15) is 0 Å². The first-order valence-corrected chi connectivity index (χ1v) is 9.18. The van der Waals surface area contributed by atoms with Gasteiger partial charge in [0.1, 0.15) is 11.4 Å². The number of amides is 2. The zero-order chi connectivity index (χ0) is 21.0. The van der Waals surface area contributed by atoms with E-state index in [1.807, 2.05) is 51.1 Å². The smallest absolute Gasteiger partial charge is 0.274 e. The summed E-state index contributed by atoms with van der Waals surface area (Å²) in [6.07, 6.45) is 1.44. The lowest BCUT2D eigenvalue weighted by molar-refractivity contribution is 0.102. The third-order valence-electron chi connectivity index (χ3n) is 4.49. The number of carbonyl (C=O) groups excluding carboxylic acids is 2. The van der Waals surface area contributed by atoms with Gasteiger partial charge in [0.05, 0.1) is 12.8 Å². The number of hydrogen-bond donors (Lipinski definition) is 2. The Morgan fingerprint density at radius 3 is 2.24 bits per heavy atom. The van der Waals surface area contributed by atoms with Crippen molar-refractivity contribution in [2.45, 2.75) is 20.8 Å². The van der Waals surface area contributed by atoms with Crippen LogP contribution in [0, 0.1) is 20.8 Å². The molecule has 0 saturated heterocycles. The Morgan fingerprint density at radius 1 is 0.828 bits per heavy atom. The highest BCUT2D eigenvalue weighted by Gasteiger charge is 2.15. The number of nitrogens with one attached hydrogen (secondary N) is 2. The lowest BCUT2D eigenvalue weighted by Gasteiger charge is -2.12. The summed E-state index contributed by atoms with van der Waals surface area (Å²) in [6, 6.07) is 14.3. The number of rotatable bonds is 5. The first-order chi connectivity index (χ1) is 13.9. The van der Waals surface area contributed by atoms with Crippen LogP contribution in [0.4, 0.5) is 11.4 Å². The van der Waals surface area contributed by atoms with Gasteiger partial charge in [0.2, 0.25) is 0 Å². The SMILES string of the molecule is COc1ccc(C)cc1NC(=O)c1cc(C(=O)Nc2ccc(C)cc2C)ccn1. The molecule has 0 unspecified atom stereocenters. The van der Waals surface area contributed by atoms with Gasteiger partial charge >= 0.3 is 0 Å². The standard InChI is InChI=1S/C23H23N3O3/c1-14-5-7-18(16(3)11-14)25-22(27)17-9-10-24-20(13-17)23(28)26-19-12-15(2)6-8-21(19)29-4/h5-13H,1-4H3,(H,25,27)(H,26,28). The molecule has 6 nitrogen and oxygen atoms in total. The number of aromatic nitrogens is 1. The maximum atomic E-state index is 12.7. The van der Waals surface area contributed by atoms with Crippen LogP contribution in [-0.4, -0.2) is 23.9 Å². The summed E-state index contributed by atoms with van der Waals surface area (Å²) in [6.45, 7) is 5.85. The van der Waals surface area contributed by atoms with E-state index in [0.717, 1.165) is 22.4 Å². The van der Waals surface area contributed by atoms with Gasteiger partial charge in [0.25, 0.3) is 11.8 Å². The zero-order valence-electron chi connectivity index (χ0n) is 16.9. The highest BCUT2D eigenvalue weighted by molar-refractivity contribution is 6.08. The predicted molar refractivity (Wildman–Crippen MR) is 114 cm³/mol. The summed E-state index contributed by atoms with van der Waals surface area (Å²) in [5, 5.41) is 5.67. The van der Waals surface area contributed by atoms with Gasteiger partial charge in [0, 0.05) is 17.4 Å². The molecule has 29 heavy (non-hydrogen) atoms. The van der Waals surface area contributed by atoms with Crippen molar-refractivity contribution in [1.82, 2.24) is 4.98 Å². The van der Waals surface area contributed by atoms with E-state index in [1.165, 1.54) is 19.4 Å². The summed E-state index contributed by atoms with van der Waals surface area (Å²) in [5.41, 5.74) is 4.84. The van der Waals surface area contributed by atoms with Crippen molar-refractivity contribution in [2.75, 3.05) is 17.7 Å². The highest BCUT2D eigenvalue weighted by atomic mass is 16.5. The van der Waals surface area contributed by atoms with Crippen LogP contribution < -0.4 is 15.4 Å². The minimum Gasteiger partial charge on any atom is -0.495 e. The quantitative estimate of drug-likeness (QED) is 0.672. The molecule has 3 aromatic rings. The molecule has 2 aromatic carbocycles. The third-order valence-corrected chi connectivity index (χ3v) is 4.49. The Kier molecular flexibility index (Phi) is 5.93. The van der Waals surface area contributed by atoms with Crippen molar-refractivity contribution in [3.05, 3.63) is 82.7 Å². The van der Waals surface area contributed by atoms with Gasteiger partial charge in [-0.05, 0) is 62.2 Å². The van der Waals surface area contributed by atoms with Crippen LogP contribution in [0.25, 0.3) is 0 Å². The number of hydrogen-bond acceptors (Lipinski definition) is 4. The molecule has 0 bridgehead atoms. The van der Waals surface area contributed by atoms with Gasteiger partial charge < -0.3 is 15.4 Å². The van der Waals surface area contributed by atoms with E-state index in [-0.39, 0.29) is 11.6 Å². The van der Waals surface area contributed by atoms with E-state index in [2.05, 4.69) is 15.6 Å². The summed E-state index contributed by atoms with van der Waals surface area (Å²) >= 11 is 0. The second-order valence-corrected chi connectivity index (χ2v) is 6.86. The van der Waals surface area contributed by atoms with Gasteiger partial charge in [-0.15, -0.1) is 0 Å². The molecule has 0 spiro atoms. The van der Waals surface area contributed by atoms with Crippen molar-refractivity contribution >= 4 is 23.2 Å². The Hall–Kier alpha value is -3.67. The summed E-state index contributed by atoms with van der Waals surface area (Å²) < 4.78 is 5.29. The van der Waals surface area contributed by atoms with E-state index < -0.39 is 5.91 Å². The molecule has 0 saturated carbocycles. The van der Waals surface area contributed by atoms with Gasteiger partial charge in [-0.3, -0.25) is 14.6 Å². The molecule has 1 aromatic heterocycles. The number of aryl methyl sites for hydroxylation is 3. The maximum absolute atomic E-state index is 12.7. The van der Waals surface area contributed by atoms with E-state index >= 15 is 0 Å². The molecule has 0 radical (unpaired) electrons. The highest BCUT2D eigenvalue weighted by Crippen LogP contribution is 2.25. The van der Waals surface area contributed by atoms with Gasteiger partial charge in [-0.25, -0.2) is 0 Å². The monoisotopic (exact) mass is 389 g/mol. The molecular formula is C23H23N3O3. The second-order valence-electron chi connectivity index (χ2n) is 6.86. The Balaban J connectivity index is 1.79.